The van der Waals surface area contributed by atoms with Gasteiger partial charge in [-0.3, -0.25) is 0 Å². The molecule has 0 spiro atoms. The van der Waals surface area contributed by atoms with Crippen LogP contribution in [0.15, 0.2) is 30.3 Å². The predicted octanol–water partition coefficient (Wildman–Crippen LogP) is 2.45. The maximum Gasteiger partial charge on any atom is 0.0822 e. The summed E-state index contributed by atoms with van der Waals surface area (Å²) in [6, 6.07) is 10.1. The fraction of sp³-hybridized carbons (Fsp3) is 0.300. The van der Waals surface area contributed by atoms with Gasteiger partial charge in [-0.05, 0) is 24.8 Å². The molecule has 0 aromatic heterocycles. The van der Waals surface area contributed by atoms with E-state index in [0.29, 0.717) is 0 Å². The van der Waals surface area contributed by atoms with Crippen LogP contribution in [0.25, 0.3) is 0 Å². The number of unbranched alkanes of at least 4 members (excludes halogenated alkanes) is 1. The maximum absolute atomic E-state index is 10.1. The van der Waals surface area contributed by atoms with E-state index in [9.17, 15) is 5.11 Å². The van der Waals surface area contributed by atoms with Crippen LogP contribution in [0.3, 0.4) is 0 Å². The summed E-state index contributed by atoms with van der Waals surface area (Å²) in [4.78, 5) is 0. The lowest BCUT2D eigenvalue weighted by Crippen LogP contribution is -1.84. The van der Waals surface area contributed by atoms with Crippen molar-refractivity contribution in [2.45, 2.75) is 12.8 Å². The fourth-order valence-corrected chi connectivity index (χ4v) is 0.941. The van der Waals surface area contributed by atoms with Gasteiger partial charge in [0.05, 0.1) is 6.61 Å². The Hall–Kier alpha value is -0.820. The van der Waals surface area contributed by atoms with Gasteiger partial charge in [0.15, 0.2) is 0 Å². The Kier molecular flexibility index (Phi) is 3.70. The van der Waals surface area contributed by atoms with E-state index >= 15 is 0 Å². The summed E-state index contributed by atoms with van der Waals surface area (Å²) in [5, 5.41) is 10.1. The predicted molar refractivity (Wildman–Crippen MR) is 44.6 cm³/mol. The van der Waals surface area contributed by atoms with Crippen molar-refractivity contribution >= 4 is 0 Å². The molecular formula is C10H12O. The lowest BCUT2D eigenvalue weighted by Gasteiger charge is -1.96. The van der Waals surface area contributed by atoms with E-state index in [-0.39, 0.29) is 6.61 Å². The van der Waals surface area contributed by atoms with Crippen LogP contribution in [-0.4, -0.2) is 6.61 Å². The van der Waals surface area contributed by atoms with Gasteiger partial charge in [-0.1, -0.05) is 30.3 Å². The van der Waals surface area contributed by atoms with Crippen molar-refractivity contribution in [2.24, 2.45) is 0 Å². The zero-order chi connectivity index (χ0) is 7.94. The quantitative estimate of drug-likeness (QED) is 0.584. The van der Waals surface area contributed by atoms with Gasteiger partial charge in [0.1, 0.15) is 0 Å². The van der Waals surface area contributed by atoms with Gasteiger partial charge in [-0.25, -0.2) is 5.11 Å². The van der Waals surface area contributed by atoms with Crippen molar-refractivity contribution in [3.8, 4) is 0 Å². The molecule has 0 fully saturated rings. The third-order valence-corrected chi connectivity index (χ3v) is 1.53. The highest BCUT2D eigenvalue weighted by Crippen LogP contribution is 2.05. The van der Waals surface area contributed by atoms with Gasteiger partial charge >= 0.3 is 0 Å². The minimum absolute atomic E-state index is 0.0311. The second-order valence-corrected chi connectivity index (χ2v) is 2.46. The molecule has 1 nitrogen and oxygen atoms in total. The summed E-state index contributed by atoms with van der Waals surface area (Å²) in [7, 11) is 0. The first kappa shape index (κ1) is 8.28. The van der Waals surface area contributed by atoms with E-state index in [1.54, 1.807) is 0 Å². The van der Waals surface area contributed by atoms with E-state index in [2.05, 4.69) is 6.42 Å². The minimum Gasteiger partial charge on any atom is -0.237 e. The van der Waals surface area contributed by atoms with Crippen LogP contribution in [0, 0.1) is 6.42 Å². The standard InChI is InChI=1S/C10H12O/c11-9-5-4-8-10-6-2-1-3-7-10/h1-3,6-8H,4-5,9H2. The van der Waals surface area contributed by atoms with E-state index < -0.39 is 0 Å². The van der Waals surface area contributed by atoms with Crippen molar-refractivity contribution in [3.63, 3.8) is 0 Å². The van der Waals surface area contributed by atoms with Gasteiger partial charge in [0.2, 0.25) is 0 Å². The Bertz CT molecular complexity index is 181. The highest BCUT2D eigenvalue weighted by molar-refractivity contribution is 5.21. The molecule has 0 aliphatic carbocycles. The van der Waals surface area contributed by atoms with Crippen LogP contribution in [-0.2, 0) is 5.11 Å². The summed E-state index contributed by atoms with van der Waals surface area (Å²) in [5.74, 6) is 0. The van der Waals surface area contributed by atoms with Gasteiger partial charge in [0.25, 0.3) is 0 Å². The molecule has 0 amide bonds. The second kappa shape index (κ2) is 4.91. The van der Waals surface area contributed by atoms with E-state index in [1.165, 1.54) is 5.56 Å². The number of hydrogen-bond acceptors (Lipinski definition) is 0. The Labute approximate surface area is 67.7 Å². The van der Waals surface area contributed by atoms with Gasteiger partial charge in [-0.15, -0.1) is 0 Å². The van der Waals surface area contributed by atoms with E-state index in [1.807, 2.05) is 30.3 Å². The summed E-state index contributed by atoms with van der Waals surface area (Å²) in [6.07, 6.45) is 3.74. The highest BCUT2D eigenvalue weighted by Gasteiger charge is 1.90. The first-order chi connectivity index (χ1) is 5.43. The molecule has 11 heavy (non-hydrogen) atoms. The average Bonchev–Trinajstić information content (AvgIpc) is 2.07. The van der Waals surface area contributed by atoms with Crippen LogP contribution < -0.4 is 0 Å². The monoisotopic (exact) mass is 148 g/mol. The van der Waals surface area contributed by atoms with Crippen molar-refractivity contribution in [1.82, 2.24) is 0 Å². The van der Waals surface area contributed by atoms with Crippen molar-refractivity contribution in [2.75, 3.05) is 6.61 Å². The molecule has 0 N–H and O–H groups in total. The zero-order valence-corrected chi connectivity index (χ0v) is 6.49. The molecule has 1 aromatic carbocycles. The third-order valence-electron chi connectivity index (χ3n) is 1.53. The maximum atomic E-state index is 10.1. The molecule has 0 saturated carbocycles. The first-order valence-corrected chi connectivity index (χ1v) is 3.90. The Morgan fingerprint density at radius 1 is 1.18 bits per heavy atom. The zero-order valence-electron chi connectivity index (χ0n) is 6.49. The molecule has 58 valence electrons. The van der Waals surface area contributed by atoms with Gasteiger partial charge < -0.3 is 0 Å². The summed E-state index contributed by atoms with van der Waals surface area (Å²) < 4.78 is 0. The average molecular weight is 148 g/mol. The van der Waals surface area contributed by atoms with Crippen molar-refractivity contribution in [3.05, 3.63) is 42.3 Å². The third kappa shape index (κ3) is 3.19. The van der Waals surface area contributed by atoms with Gasteiger partial charge in [0, 0.05) is 0 Å². The molecule has 1 rings (SSSR count). The molecule has 0 bridgehead atoms. The second-order valence-electron chi connectivity index (χ2n) is 2.46. The first-order valence-electron chi connectivity index (χ1n) is 3.90. The van der Waals surface area contributed by atoms with Crippen LogP contribution in [0.4, 0.5) is 0 Å². The van der Waals surface area contributed by atoms with Crippen LogP contribution in [0.2, 0.25) is 0 Å². The normalized spacial score (nSPS) is 9.91. The van der Waals surface area contributed by atoms with Crippen molar-refractivity contribution in [1.29, 1.82) is 0 Å². The lowest BCUT2D eigenvalue weighted by molar-refractivity contribution is 0.189. The number of rotatable bonds is 4. The van der Waals surface area contributed by atoms with Crippen LogP contribution >= 0.6 is 0 Å². The molecule has 0 aliphatic heterocycles. The van der Waals surface area contributed by atoms with Crippen LogP contribution in [0.5, 0.6) is 0 Å². The molecule has 0 unspecified atom stereocenters. The highest BCUT2D eigenvalue weighted by atomic mass is 16.2. The minimum atomic E-state index is 0.0311. The molecule has 0 atom stereocenters. The largest absolute Gasteiger partial charge is 0.237 e. The molecule has 0 aliphatic rings. The van der Waals surface area contributed by atoms with Gasteiger partial charge in [-0.2, -0.15) is 0 Å². The molecular weight excluding hydrogens is 136 g/mol. The Morgan fingerprint density at radius 3 is 2.55 bits per heavy atom. The van der Waals surface area contributed by atoms with Crippen molar-refractivity contribution < 1.29 is 5.11 Å². The van der Waals surface area contributed by atoms with E-state index in [4.69, 9.17) is 0 Å². The molecule has 1 heteroatoms. The molecule has 0 saturated heterocycles. The summed E-state index contributed by atoms with van der Waals surface area (Å²) in [5.41, 5.74) is 1.21. The SMILES string of the molecule is [O]CCC[CH]c1ccccc1. The molecule has 0 heterocycles. The topological polar surface area (TPSA) is 19.9 Å². The smallest absolute Gasteiger partial charge is 0.0822 e. The van der Waals surface area contributed by atoms with E-state index in [0.717, 1.165) is 12.8 Å². The Morgan fingerprint density at radius 2 is 1.91 bits per heavy atom. The molecule has 1 aromatic rings. The fourth-order valence-electron chi connectivity index (χ4n) is 0.941. The lowest BCUT2D eigenvalue weighted by atomic mass is 10.1. The Balaban J connectivity index is 2.28. The summed E-state index contributed by atoms with van der Waals surface area (Å²) >= 11 is 0. The number of benzene rings is 1. The van der Waals surface area contributed by atoms with Crippen LogP contribution in [0.1, 0.15) is 18.4 Å². The summed E-state index contributed by atoms with van der Waals surface area (Å²) in [6.45, 7) is 0.0311. The number of hydrogen-bond donors (Lipinski definition) is 0. The molecule has 2 radical (unpaired) electrons.